The van der Waals surface area contributed by atoms with Gasteiger partial charge in [-0.05, 0) is 5.56 Å². The van der Waals surface area contributed by atoms with Crippen LogP contribution in [-0.2, 0) is 9.53 Å². The highest BCUT2D eigenvalue weighted by molar-refractivity contribution is 5.92. The molecule has 4 nitrogen and oxygen atoms in total. The average Bonchev–Trinajstić information content (AvgIpc) is 2.34. The lowest BCUT2D eigenvalue weighted by Crippen LogP contribution is -2.39. The molecule has 1 rings (SSSR count). The van der Waals surface area contributed by atoms with E-state index in [1.165, 1.54) is 7.11 Å². The Hall–Kier alpha value is -1.84. The van der Waals surface area contributed by atoms with Gasteiger partial charge in [0.05, 0.1) is 7.11 Å². The minimum atomic E-state index is -0.682. The number of carbonyl (C=O) groups is 2. The fraction of sp³-hybridized carbons (Fsp3) is 0.429. The minimum Gasteiger partial charge on any atom is -0.453 e. The normalized spacial score (nSPS) is 12.7. The van der Waals surface area contributed by atoms with Gasteiger partial charge in [0.2, 0.25) is 0 Å². The lowest BCUT2D eigenvalue weighted by molar-refractivity contribution is -0.128. The molecule has 0 aliphatic rings. The fourth-order valence-corrected chi connectivity index (χ4v) is 1.56. The van der Waals surface area contributed by atoms with Crippen LogP contribution in [0.5, 0.6) is 0 Å². The van der Waals surface area contributed by atoms with E-state index in [4.69, 9.17) is 0 Å². The van der Waals surface area contributed by atoms with Gasteiger partial charge in [-0.3, -0.25) is 4.79 Å². The molecule has 1 atom stereocenters. The number of Topliss-reactive ketones (excluding diaryl/α,β-unsaturated/α-hetero) is 1. The van der Waals surface area contributed by atoms with Crippen molar-refractivity contribution in [3.05, 3.63) is 35.9 Å². The highest BCUT2D eigenvalue weighted by Gasteiger charge is 2.31. The number of hydrogen-bond donors (Lipinski definition) is 1. The molecular formula is C14H19NO3. The van der Waals surface area contributed by atoms with Gasteiger partial charge >= 0.3 is 6.09 Å². The third-order valence-electron chi connectivity index (χ3n) is 2.58. The summed E-state index contributed by atoms with van der Waals surface area (Å²) in [6.45, 7) is 5.47. The predicted octanol–water partition coefficient (Wildman–Crippen LogP) is 2.70. The van der Waals surface area contributed by atoms with Gasteiger partial charge in [0.1, 0.15) is 6.04 Å². The SMILES string of the molecule is COC(=O)N[C@@H](C(=O)C(C)(C)C)c1ccccc1. The van der Waals surface area contributed by atoms with E-state index in [9.17, 15) is 9.59 Å². The van der Waals surface area contributed by atoms with Gasteiger partial charge in [0, 0.05) is 5.41 Å². The third kappa shape index (κ3) is 3.58. The highest BCUT2D eigenvalue weighted by Crippen LogP contribution is 2.25. The molecule has 98 valence electrons. The summed E-state index contributed by atoms with van der Waals surface area (Å²) in [5.41, 5.74) is 0.212. The van der Waals surface area contributed by atoms with E-state index in [0.717, 1.165) is 5.56 Å². The number of ketones is 1. The molecule has 0 saturated heterocycles. The molecule has 0 unspecified atom stereocenters. The molecule has 0 fully saturated rings. The number of rotatable bonds is 3. The maximum absolute atomic E-state index is 12.3. The monoisotopic (exact) mass is 249 g/mol. The molecule has 18 heavy (non-hydrogen) atoms. The van der Waals surface area contributed by atoms with E-state index < -0.39 is 17.6 Å². The molecule has 0 bridgehead atoms. The van der Waals surface area contributed by atoms with Crippen LogP contribution in [0.4, 0.5) is 4.79 Å². The molecule has 0 aliphatic heterocycles. The van der Waals surface area contributed by atoms with Crippen molar-refractivity contribution < 1.29 is 14.3 Å². The molecule has 0 aliphatic carbocycles. The molecule has 1 N–H and O–H groups in total. The second kappa shape index (κ2) is 5.67. The van der Waals surface area contributed by atoms with Gasteiger partial charge in [-0.2, -0.15) is 0 Å². The number of methoxy groups -OCH3 is 1. The Morgan fingerprint density at radius 1 is 1.17 bits per heavy atom. The molecule has 4 heteroatoms. The van der Waals surface area contributed by atoms with Crippen LogP contribution in [0.2, 0.25) is 0 Å². The number of alkyl carbamates (subject to hydrolysis) is 1. The molecular weight excluding hydrogens is 230 g/mol. The smallest absolute Gasteiger partial charge is 0.407 e. The van der Waals surface area contributed by atoms with Gasteiger partial charge in [-0.25, -0.2) is 4.79 Å². The van der Waals surface area contributed by atoms with Crippen LogP contribution >= 0.6 is 0 Å². The number of carbonyl (C=O) groups excluding carboxylic acids is 2. The summed E-state index contributed by atoms with van der Waals surface area (Å²) >= 11 is 0. The summed E-state index contributed by atoms with van der Waals surface area (Å²) < 4.78 is 4.56. The van der Waals surface area contributed by atoms with Gasteiger partial charge < -0.3 is 10.1 Å². The first-order valence-corrected chi connectivity index (χ1v) is 5.80. The van der Waals surface area contributed by atoms with Crippen molar-refractivity contribution >= 4 is 11.9 Å². The summed E-state index contributed by atoms with van der Waals surface area (Å²) in [5, 5.41) is 2.58. The van der Waals surface area contributed by atoms with Crippen molar-refractivity contribution in [2.24, 2.45) is 5.41 Å². The summed E-state index contributed by atoms with van der Waals surface area (Å²) in [6, 6.07) is 8.46. The Balaban J connectivity index is 3.04. The van der Waals surface area contributed by atoms with Crippen molar-refractivity contribution in [2.75, 3.05) is 7.11 Å². The van der Waals surface area contributed by atoms with E-state index >= 15 is 0 Å². The molecule has 0 saturated carbocycles. The number of ether oxygens (including phenoxy) is 1. The van der Waals surface area contributed by atoms with E-state index in [2.05, 4.69) is 10.1 Å². The van der Waals surface area contributed by atoms with Gasteiger partial charge in [0.15, 0.2) is 5.78 Å². The first-order valence-electron chi connectivity index (χ1n) is 5.80. The first-order chi connectivity index (χ1) is 8.36. The van der Waals surface area contributed by atoms with Crippen LogP contribution in [-0.4, -0.2) is 19.0 Å². The van der Waals surface area contributed by atoms with Gasteiger partial charge in [-0.1, -0.05) is 51.1 Å². The Kier molecular flexibility index (Phi) is 4.48. The van der Waals surface area contributed by atoms with Gasteiger partial charge in [-0.15, -0.1) is 0 Å². The largest absolute Gasteiger partial charge is 0.453 e. The summed E-state index contributed by atoms with van der Waals surface area (Å²) in [7, 11) is 1.28. The zero-order valence-electron chi connectivity index (χ0n) is 11.2. The number of nitrogens with one attached hydrogen (secondary N) is 1. The van der Waals surface area contributed by atoms with Gasteiger partial charge in [0.25, 0.3) is 0 Å². The molecule has 0 heterocycles. The van der Waals surface area contributed by atoms with E-state index in [1.807, 2.05) is 51.1 Å². The first kappa shape index (κ1) is 14.2. The van der Waals surface area contributed by atoms with Crippen LogP contribution in [0.3, 0.4) is 0 Å². The van der Waals surface area contributed by atoms with Crippen LogP contribution in [0.25, 0.3) is 0 Å². The summed E-state index contributed by atoms with van der Waals surface area (Å²) in [6.07, 6.45) is -0.610. The highest BCUT2D eigenvalue weighted by atomic mass is 16.5. The Morgan fingerprint density at radius 2 is 1.72 bits per heavy atom. The van der Waals surface area contributed by atoms with Crippen LogP contribution in [0, 0.1) is 5.41 Å². The predicted molar refractivity (Wildman–Crippen MR) is 69.2 cm³/mol. The number of hydrogen-bond acceptors (Lipinski definition) is 3. The Morgan fingerprint density at radius 3 is 2.17 bits per heavy atom. The molecule has 0 radical (unpaired) electrons. The zero-order valence-corrected chi connectivity index (χ0v) is 11.2. The zero-order chi connectivity index (χ0) is 13.8. The lowest BCUT2D eigenvalue weighted by Gasteiger charge is -2.25. The maximum atomic E-state index is 12.3. The quantitative estimate of drug-likeness (QED) is 0.896. The van der Waals surface area contributed by atoms with Crippen LogP contribution < -0.4 is 5.32 Å². The van der Waals surface area contributed by atoms with E-state index in [1.54, 1.807) is 0 Å². The molecule has 0 aromatic heterocycles. The number of benzene rings is 1. The second-order valence-electron chi connectivity index (χ2n) is 5.09. The van der Waals surface area contributed by atoms with Crippen molar-refractivity contribution in [1.82, 2.24) is 5.32 Å². The summed E-state index contributed by atoms with van der Waals surface area (Å²) in [4.78, 5) is 23.7. The molecule has 1 amide bonds. The van der Waals surface area contributed by atoms with E-state index in [0.29, 0.717) is 0 Å². The standard InChI is InChI=1S/C14H19NO3/c1-14(2,3)12(16)11(15-13(17)18-4)10-8-6-5-7-9-10/h5-9,11H,1-4H3,(H,15,17)/t11-/m1/s1. The van der Waals surface area contributed by atoms with Crippen molar-refractivity contribution in [3.8, 4) is 0 Å². The Labute approximate surface area is 107 Å². The molecule has 1 aromatic rings. The van der Waals surface area contributed by atoms with Crippen molar-refractivity contribution in [1.29, 1.82) is 0 Å². The summed E-state index contributed by atoms with van der Waals surface area (Å²) in [5.74, 6) is -0.0564. The fourth-order valence-electron chi connectivity index (χ4n) is 1.56. The minimum absolute atomic E-state index is 0.0564. The van der Waals surface area contributed by atoms with Crippen LogP contribution in [0.15, 0.2) is 30.3 Å². The second-order valence-corrected chi connectivity index (χ2v) is 5.09. The molecule has 0 spiro atoms. The molecule has 1 aromatic carbocycles. The number of amides is 1. The topological polar surface area (TPSA) is 55.4 Å². The maximum Gasteiger partial charge on any atom is 0.407 e. The van der Waals surface area contributed by atoms with E-state index in [-0.39, 0.29) is 5.78 Å². The average molecular weight is 249 g/mol. The van der Waals surface area contributed by atoms with Crippen molar-refractivity contribution in [2.45, 2.75) is 26.8 Å². The van der Waals surface area contributed by atoms with Crippen LogP contribution in [0.1, 0.15) is 32.4 Å². The third-order valence-corrected chi connectivity index (χ3v) is 2.58. The lowest BCUT2D eigenvalue weighted by atomic mass is 9.84. The Bertz CT molecular complexity index is 420. The van der Waals surface area contributed by atoms with Crippen molar-refractivity contribution in [3.63, 3.8) is 0 Å².